The van der Waals surface area contributed by atoms with Crippen molar-refractivity contribution in [2.24, 2.45) is 0 Å². The predicted octanol–water partition coefficient (Wildman–Crippen LogP) is 1.37. The van der Waals surface area contributed by atoms with Crippen LogP contribution in [-0.4, -0.2) is 29.8 Å². The van der Waals surface area contributed by atoms with Crippen molar-refractivity contribution < 1.29 is 14.6 Å². The zero-order valence-corrected chi connectivity index (χ0v) is 9.48. The van der Waals surface area contributed by atoms with E-state index in [4.69, 9.17) is 4.74 Å². The molecule has 0 saturated carbocycles. The first-order valence-electron chi connectivity index (χ1n) is 5.94. The highest BCUT2D eigenvalue weighted by molar-refractivity contribution is 5.80. The molecule has 1 saturated heterocycles. The number of rotatable bonds is 1. The number of piperidine rings is 1. The number of aliphatic carboxylic acids is 1. The zero-order chi connectivity index (χ0) is 11.9. The van der Waals surface area contributed by atoms with Crippen molar-refractivity contribution in [2.45, 2.75) is 24.4 Å². The molecule has 1 spiro atoms. The van der Waals surface area contributed by atoms with E-state index < -0.39 is 17.5 Å². The number of hydrogen-bond donors (Lipinski definition) is 2. The summed E-state index contributed by atoms with van der Waals surface area (Å²) < 4.78 is 5.97. The summed E-state index contributed by atoms with van der Waals surface area (Å²) in [6.45, 7) is 1.55. The van der Waals surface area contributed by atoms with Crippen molar-refractivity contribution in [1.82, 2.24) is 5.32 Å². The van der Waals surface area contributed by atoms with Gasteiger partial charge in [-0.3, -0.25) is 4.79 Å². The van der Waals surface area contributed by atoms with Gasteiger partial charge in [0, 0.05) is 12.1 Å². The van der Waals surface area contributed by atoms with Crippen LogP contribution in [0.3, 0.4) is 0 Å². The van der Waals surface area contributed by atoms with E-state index in [2.05, 4.69) is 5.32 Å². The molecule has 4 heteroatoms. The quantitative estimate of drug-likeness (QED) is 0.769. The van der Waals surface area contributed by atoms with Crippen molar-refractivity contribution >= 4 is 5.97 Å². The summed E-state index contributed by atoms with van der Waals surface area (Å²) in [7, 11) is 0. The standard InChI is InChI=1S/C13H15NO3/c15-12(16)11-9-4-1-2-5-10(9)17-13(11)6-3-7-14-8-13/h1-2,4-5,11,14H,3,6-8H2,(H,15,16). The van der Waals surface area contributed by atoms with Crippen LogP contribution in [0.2, 0.25) is 0 Å². The van der Waals surface area contributed by atoms with Crippen LogP contribution in [0.25, 0.3) is 0 Å². The first-order valence-corrected chi connectivity index (χ1v) is 5.94. The van der Waals surface area contributed by atoms with E-state index in [1.165, 1.54) is 0 Å². The van der Waals surface area contributed by atoms with Gasteiger partial charge in [-0.1, -0.05) is 18.2 Å². The summed E-state index contributed by atoms with van der Waals surface area (Å²) in [5.74, 6) is -0.617. The fraction of sp³-hybridized carbons (Fsp3) is 0.462. The monoisotopic (exact) mass is 233 g/mol. The molecule has 1 aromatic rings. The van der Waals surface area contributed by atoms with Gasteiger partial charge in [0.25, 0.3) is 0 Å². The first kappa shape index (κ1) is 10.6. The first-order chi connectivity index (χ1) is 8.23. The minimum absolute atomic E-state index is 0.550. The molecule has 2 unspecified atom stereocenters. The second kappa shape index (κ2) is 3.74. The number of carboxylic acids is 1. The number of carboxylic acid groups (broad SMARTS) is 1. The second-order valence-corrected chi connectivity index (χ2v) is 4.76. The molecule has 2 aliphatic rings. The third kappa shape index (κ3) is 1.52. The van der Waals surface area contributed by atoms with Gasteiger partial charge < -0.3 is 15.2 Å². The fourth-order valence-corrected chi connectivity index (χ4v) is 2.97. The van der Waals surface area contributed by atoms with Crippen LogP contribution in [0, 0.1) is 0 Å². The Morgan fingerprint density at radius 2 is 2.29 bits per heavy atom. The molecule has 0 aromatic heterocycles. The fourth-order valence-electron chi connectivity index (χ4n) is 2.97. The normalized spacial score (nSPS) is 30.9. The molecule has 4 nitrogen and oxygen atoms in total. The molecule has 0 bridgehead atoms. The Bertz CT molecular complexity index is 452. The van der Waals surface area contributed by atoms with Gasteiger partial charge in [0.05, 0.1) is 0 Å². The van der Waals surface area contributed by atoms with Crippen molar-refractivity contribution in [1.29, 1.82) is 0 Å². The second-order valence-electron chi connectivity index (χ2n) is 4.76. The number of fused-ring (bicyclic) bond motifs is 1. The third-order valence-electron chi connectivity index (χ3n) is 3.69. The lowest BCUT2D eigenvalue weighted by Crippen LogP contribution is -2.53. The summed E-state index contributed by atoms with van der Waals surface area (Å²) in [6, 6.07) is 7.46. The van der Waals surface area contributed by atoms with Crippen LogP contribution in [0.1, 0.15) is 24.3 Å². The van der Waals surface area contributed by atoms with Crippen LogP contribution < -0.4 is 10.1 Å². The molecule has 0 radical (unpaired) electrons. The smallest absolute Gasteiger partial charge is 0.315 e. The van der Waals surface area contributed by atoms with Gasteiger partial charge in [0.15, 0.2) is 0 Å². The van der Waals surface area contributed by atoms with E-state index in [9.17, 15) is 9.90 Å². The molecule has 2 aliphatic heterocycles. The topological polar surface area (TPSA) is 58.6 Å². The molecule has 1 aromatic carbocycles. The maximum absolute atomic E-state index is 11.5. The SMILES string of the molecule is O=C(O)C1c2ccccc2OC12CCCNC2. The summed E-state index contributed by atoms with van der Waals surface area (Å²) in [4.78, 5) is 11.5. The molecule has 0 aliphatic carbocycles. The summed E-state index contributed by atoms with van der Waals surface area (Å²) in [6.07, 6.45) is 1.75. The third-order valence-corrected chi connectivity index (χ3v) is 3.69. The van der Waals surface area contributed by atoms with E-state index in [0.717, 1.165) is 30.7 Å². The minimum atomic E-state index is -0.793. The average molecular weight is 233 g/mol. The average Bonchev–Trinajstić information content (AvgIpc) is 2.63. The largest absolute Gasteiger partial charge is 0.484 e. The van der Waals surface area contributed by atoms with E-state index in [1.807, 2.05) is 24.3 Å². The Kier molecular flexibility index (Phi) is 2.33. The highest BCUT2D eigenvalue weighted by Crippen LogP contribution is 2.47. The van der Waals surface area contributed by atoms with Crippen molar-refractivity contribution in [3.63, 3.8) is 0 Å². The Hall–Kier alpha value is -1.55. The lowest BCUT2D eigenvalue weighted by atomic mass is 9.79. The van der Waals surface area contributed by atoms with Crippen LogP contribution in [-0.2, 0) is 4.79 Å². The Balaban J connectivity index is 2.06. The number of ether oxygens (including phenoxy) is 1. The number of para-hydroxylation sites is 1. The van der Waals surface area contributed by atoms with E-state index >= 15 is 0 Å². The minimum Gasteiger partial charge on any atom is -0.484 e. The van der Waals surface area contributed by atoms with Gasteiger partial charge in [0.1, 0.15) is 17.3 Å². The molecule has 3 rings (SSSR count). The van der Waals surface area contributed by atoms with Crippen LogP contribution in [0.5, 0.6) is 5.75 Å². The van der Waals surface area contributed by atoms with Crippen LogP contribution >= 0.6 is 0 Å². The summed E-state index contributed by atoms with van der Waals surface area (Å²) in [5, 5.41) is 12.7. The van der Waals surface area contributed by atoms with Crippen molar-refractivity contribution in [3.8, 4) is 5.75 Å². The van der Waals surface area contributed by atoms with Gasteiger partial charge >= 0.3 is 5.97 Å². The van der Waals surface area contributed by atoms with E-state index in [1.54, 1.807) is 0 Å². The van der Waals surface area contributed by atoms with Crippen LogP contribution in [0.15, 0.2) is 24.3 Å². The van der Waals surface area contributed by atoms with E-state index in [-0.39, 0.29) is 0 Å². The maximum Gasteiger partial charge on any atom is 0.315 e. The van der Waals surface area contributed by atoms with Crippen molar-refractivity contribution in [2.75, 3.05) is 13.1 Å². The lowest BCUT2D eigenvalue weighted by Gasteiger charge is -2.36. The number of benzene rings is 1. The highest BCUT2D eigenvalue weighted by atomic mass is 16.5. The molecule has 90 valence electrons. The van der Waals surface area contributed by atoms with Crippen molar-refractivity contribution in [3.05, 3.63) is 29.8 Å². The number of hydrogen-bond acceptors (Lipinski definition) is 3. The summed E-state index contributed by atoms with van der Waals surface area (Å²) >= 11 is 0. The van der Waals surface area contributed by atoms with Gasteiger partial charge in [-0.05, 0) is 25.5 Å². The molecule has 0 amide bonds. The molecule has 17 heavy (non-hydrogen) atoms. The van der Waals surface area contributed by atoms with Gasteiger partial charge in [-0.15, -0.1) is 0 Å². The molecular formula is C13H15NO3. The zero-order valence-electron chi connectivity index (χ0n) is 9.48. The summed E-state index contributed by atoms with van der Waals surface area (Å²) in [5.41, 5.74) is 0.219. The highest BCUT2D eigenvalue weighted by Gasteiger charge is 2.52. The number of carbonyl (C=O) groups is 1. The molecule has 2 atom stereocenters. The van der Waals surface area contributed by atoms with Gasteiger partial charge in [-0.25, -0.2) is 0 Å². The maximum atomic E-state index is 11.5. The molecule has 2 heterocycles. The molecule has 1 fully saturated rings. The molecule has 2 N–H and O–H groups in total. The lowest BCUT2D eigenvalue weighted by molar-refractivity contribution is -0.143. The van der Waals surface area contributed by atoms with E-state index in [0.29, 0.717) is 6.54 Å². The van der Waals surface area contributed by atoms with Gasteiger partial charge in [-0.2, -0.15) is 0 Å². The van der Waals surface area contributed by atoms with Crippen LogP contribution in [0.4, 0.5) is 0 Å². The predicted molar refractivity (Wildman–Crippen MR) is 62.3 cm³/mol. The molecular weight excluding hydrogens is 218 g/mol. The van der Waals surface area contributed by atoms with Gasteiger partial charge in [0.2, 0.25) is 0 Å². The Morgan fingerprint density at radius 3 is 3.00 bits per heavy atom. The number of nitrogens with one attached hydrogen (secondary N) is 1. The Labute approximate surface area is 99.6 Å². The Morgan fingerprint density at radius 1 is 1.47 bits per heavy atom.